The Kier molecular flexibility index (Phi) is 7.23. The molecule has 1 aromatic heterocycles. The van der Waals surface area contributed by atoms with Crippen molar-refractivity contribution in [2.45, 2.75) is 46.0 Å². The summed E-state index contributed by atoms with van der Waals surface area (Å²) in [7, 11) is 1.91. The standard InChI is InChI=1S/C15H27N3/c1-13(2)8-6-4-5-7-9-18-15-10-14(16-3)11-17-12-15/h10-13,16,18H,4-9H2,1-3H3. The van der Waals surface area contributed by atoms with E-state index in [0.717, 1.165) is 23.8 Å². The third kappa shape index (κ3) is 6.48. The molecule has 0 saturated heterocycles. The van der Waals surface area contributed by atoms with Gasteiger partial charge in [0.2, 0.25) is 0 Å². The lowest BCUT2D eigenvalue weighted by Crippen LogP contribution is -2.02. The predicted octanol–water partition coefficient (Wildman–Crippen LogP) is 4.14. The van der Waals surface area contributed by atoms with E-state index in [1.54, 1.807) is 0 Å². The van der Waals surface area contributed by atoms with E-state index in [4.69, 9.17) is 0 Å². The average molecular weight is 249 g/mol. The van der Waals surface area contributed by atoms with E-state index in [2.05, 4.69) is 35.5 Å². The van der Waals surface area contributed by atoms with Crippen molar-refractivity contribution in [2.24, 2.45) is 5.92 Å². The number of pyridine rings is 1. The third-order valence-electron chi connectivity index (χ3n) is 3.06. The summed E-state index contributed by atoms with van der Waals surface area (Å²) in [6, 6.07) is 2.09. The minimum Gasteiger partial charge on any atom is -0.387 e. The number of hydrogen-bond donors (Lipinski definition) is 2. The van der Waals surface area contributed by atoms with Crippen molar-refractivity contribution in [1.29, 1.82) is 0 Å². The smallest absolute Gasteiger partial charge is 0.0547 e. The fourth-order valence-electron chi connectivity index (χ4n) is 1.94. The predicted molar refractivity (Wildman–Crippen MR) is 80.2 cm³/mol. The highest BCUT2D eigenvalue weighted by atomic mass is 14.9. The molecule has 0 bridgehead atoms. The van der Waals surface area contributed by atoms with Crippen LogP contribution < -0.4 is 10.6 Å². The Hall–Kier alpha value is -1.25. The van der Waals surface area contributed by atoms with Crippen LogP contribution in [0.2, 0.25) is 0 Å². The number of anilines is 2. The highest BCUT2D eigenvalue weighted by Gasteiger charge is 1.96. The molecule has 0 spiro atoms. The van der Waals surface area contributed by atoms with Gasteiger partial charge in [0.05, 0.1) is 23.8 Å². The van der Waals surface area contributed by atoms with Crippen molar-refractivity contribution in [3.63, 3.8) is 0 Å². The van der Waals surface area contributed by atoms with Gasteiger partial charge in [-0.3, -0.25) is 4.98 Å². The molecule has 2 N–H and O–H groups in total. The molecule has 102 valence electrons. The molecule has 3 nitrogen and oxygen atoms in total. The first kappa shape index (κ1) is 14.8. The van der Waals surface area contributed by atoms with Crippen molar-refractivity contribution in [3.05, 3.63) is 18.5 Å². The van der Waals surface area contributed by atoms with E-state index in [1.807, 2.05) is 19.4 Å². The molecule has 0 saturated carbocycles. The lowest BCUT2D eigenvalue weighted by Gasteiger charge is -2.08. The molecule has 1 rings (SSSR count). The largest absolute Gasteiger partial charge is 0.387 e. The van der Waals surface area contributed by atoms with Crippen molar-refractivity contribution < 1.29 is 0 Å². The number of hydrogen-bond acceptors (Lipinski definition) is 3. The molecule has 3 heteroatoms. The van der Waals surface area contributed by atoms with Crippen LogP contribution in [0.4, 0.5) is 11.4 Å². The maximum Gasteiger partial charge on any atom is 0.0547 e. The summed E-state index contributed by atoms with van der Waals surface area (Å²) < 4.78 is 0. The Balaban J connectivity index is 2.06. The Labute approximate surface area is 111 Å². The fraction of sp³-hybridized carbons (Fsp3) is 0.667. The zero-order valence-electron chi connectivity index (χ0n) is 12.0. The summed E-state index contributed by atoms with van der Waals surface area (Å²) in [5.41, 5.74) is 2.15. The molecule has 0 radical (unpaired) electrons. The quantitative estimate of drug-likeness (QED) is 0.646. The van der Waals surface area contributed by atoms with Crippen LogP contribution in [0.3, 0.4) is 0 Å². The number of nitrogens with zero attached hydrogens (tertiary/aromatic N) is 1. The van der Waals surface area contributed by atoms with Crippen LogP contribution in [0.1, 0.15) is 46.0 Å². The Morgan fingerprint density at radius 2 is 1.78 bits per heavy atom. The van der Waals surface area contributed by atoms with Crippen molar-refractivity contribution in [1.82, 2.24) is 4.98 Å². The van der Waals surface area contributed by atoms with Crippen LogP contribution in [0.25, 0.3) is 0 Å². The monoisotopic (exact) mass is 249 g/mol. The van der Waals surface area contributed by atoms with Gasteiger partial charge in [0.15, 0.2) is 0 Å². The molecule has 0 aromatic carbocycles. The minimum atomic E-state index is 0.846. The van der Waals surface area contributed by atoms with E-state index in [0.29, 0.717) is 0 Å². The first-order chi connectivity index (χ1) is 8.72. The van der Waals surface area contributed by atoms with E-state index in [9.17, 15) is 0 Å². The maximum absolute atomic E-state index is 4.18. The van der Waals surface area contributed by atoms with E-state index in [-0.39, 0.29) is 0 Å². The molecular formula is C15H27N3. The van der Waals surface area contributed by atoms with E-state index < -0.39 is 0 Å². The van der Waals surface area contributed by atoms with Crippen LogP contribution in [0.5, 0.6) is 0 Å². The topological polar surface area (TPSA) is 37.0 Å². The second kappa shape index (κ2) is 8.78. The van der Waals surface area contributed by atoms with Gasteiger partial charge in [-0.05, 0) is 18.4 Å². The SMILES string of the molecule is CNc1cncc(NCCCCCCC(C)C)c1. The average Bonchev–Trinajstić information content (AvgIpc) is 2.37. The molecule has 0 fully saturated rings. The van der Waals surface area contributed by atoms with Crippen LogP contribution in [0, 0.1) is 5.92 Å². The van der Waals surface area contributed by atoms with Crippen molar-refractivity contribution >= 4 is 11.4 Å². The zero-order chi connectivity index (χ0) is 13.2. The summed E-state index contributed by atoms with van der Waals surface area (Å²) in [5.74, 6) is 0.846. The van der Waals surface area contributed by atoms with Gasteiger partial charge < -0.3 is 10.6 Å². The Morgan fingerprint density at radius 1 is 1.06 bits per heavy atom. The summed E-state index contributed by atoms with van der Waals surface area (Å²) in [4.78, 5) is 4.18. The van der Waals surface area contributed by atoms with Gasteiger partial charge in [-0.15, -0.1) is 0 Å². The van der Waals surface area contributed by atoms with Crippen molar-refractivity contribution in [3.8, 4) is 0 Å². The van der Waals surface area contributed by atoms with Gasteiger partial charge in [-0.25, -0.2) is 0 Å². The highest BCUT2D eigenvalue weighted by molar-refractivity contribution is 5.53. The first-order valence-electron chi connectivity index (χ1n) is 7.09. The van der Waals surface area contributed by atoms with Crippen LogP contribution in [-0.4, -0.2) is 18.6 Å². The number of unbranched alkanes of at least 4 members (excludes halogenated alkanes) is 3. The van der Waals surface area contributed by atoms with Crippen LogP contribution in [0.15, 0.2) is 18.5 Å². The number of rotatable bonds is 9. The summed E-state index contributed by atoms with van der Waals surface area (Å²) >= 11 is 0. The molecule has 18 heavy (non-hydrogen) atoms. The molecule has 1 aromatic rings. The summed E-state index contributed by atoms with van der Waals surface area (Å²) in [6.07, 6.45) is 10.3. The normalized spacial score (nSPS) is 10.7. The molecule has 1 heterocycles. The van der Waals surface area contributed by atoms with Crippen LogP contribution >= 0.6 is 0 Å². The lowest BCUT2D eigenvalue weighted by molar-refractivity contribution is 0.523. The lowest BCUT2D eigenvalue weighted by atomic mass is 10.0. The Bertz CT molecular complexity index is 323. The van der Waals surface area contributed by atoms with Crippen LogP contribution in [-0.2, 0) is 0 Å². The van der Waals surface area contributed by atoms with Gasteiger partial charge >= 0.3 is 0 Å². The second-order valence-electron chi connectivity index (χ2n) is 5.24. The molecule has 0 amide bonds. The molecule has 0 atom stereocenters. The number of nitrogens with one attached hydrogen (secondary N) is 2. The van der Waals surface area contributed by atoms with Crippen molar-refractivity contribution in [2.75, 3.05) is 24.2 Å². The molecule has 0 unspecified atom stereocenters. The minimum absolute atomic E-state index is 0.846. The Morgan fingerprint density at radius 3 is 2.50 bits per heavy atom. The van der Waals surface area contributed by atoms with Gasteiger partial charge in [0.1, 0.15) is 0 Å². The first-order valence-corrected chi connectivity index (χ1v) is 7.09. The van der Waals surface area contributed by atoms with Gasteiger partial charge in [-0.2, -0.15) is 0 Å². The third-order valence-corrected chi connectivity index (χ3v) is 3.06. The fourth-order valence-corrected chi connectivity index (χ4v) is 1.94. The molecule has 0 aliphatic carbocycles. The zero-order valence-corrected chi connectivity index (χ0v) is 12.0. The molecular weight excluding hydrogens is 222 g/mol. The highest BCUT2D eigenvalue weighted by Crippen LogP contribution is 2.13. The molecule has 0 aliphatic rings. The van der Waals surface area contributed by atoms with Gasteiger partial charge in [0, 0.05) is 13.6 Å². The summed E-state index contributed by atoms with van der Waals surface area (Å²) in [6.45, 7) is 5.63. The number of aromatic nitrogens is 1. The maximum atomic E-state index is 4.18. The van der Waals surface area contributed by atoms with E-state index in [1.165, 1.54) is 32.1 Å². The van der Waals surface area contributed by atoms with E-state index >= 15 is 0 Å². The summed E-state index contributed by atoms with van der Waals surface area (Å²) in [5, 5.41) is 6.51. The van der Waals surface area contributed by atoms with Gasteiger partial charge in [0.25, 0.3) is 0 Å². The van der Waals surface area contributed by atoms with Gasteiger partial charge in [-0.1, -0.05) is 39.5 Å². The molecule has 0 aliphatic heterocycles. The second-order valence-corrected chi connectivity index (χ2v) is 5.24.